The smallest absolute Gasteiger partial charge is 0.342 e. The number of aromatic carboxylic acids is 1. The lowest BCUT2D eigenvalue weighted by atomic mass is 10.2. The second-order valence-corrected chi connectivity index (χ2v) is 5.27. The van der Waals surface area contributed by atoms with Crippen LogP contribution in [0.5, 0.6) is 0 Å². The first kappa shape index (κ1) is 6.25. The summed E-state index contributed by atoms with van der Waals surface area (Å²) >= 11 is 0. The van der Waals surface area contributed by atoms with Crippen LogP contribution in [0.2, 0.25) is 0 Å². The lowest BCUT2D eigenvalue weighted by Crippen LogP contribution is -2.32. The molecule has 0 saturated carbocycles. The van der Waals surface area contributed by atoms with Gasteiger partial charge < -0.3 is 5.11 Å². The Morgan fingerprint density at radius 1 is 1.41 bits per heavy atom. The van der Waals surface area contributed by atoms with E-state index < -0.39 is 80.8 Å². The lowest BCUT2D eigenvalue weighted by molar-refractivity contribution is -0.385. The summed E-state index contributed by atoms with van der Waals surface area (Å²) in [7, 11) is -6.10. The van der Waals surface area contributed by atoms with Gasteiger partial charge in [-0.2, -0.15) is 4.31 Å². The number of hydrogen-bond acceptors (Lipinski definition) is 5. The third-order valence-corrected chi connectivity index (χ3v) is 3.76. The number of carboxylic acids is 1. The van der Waals surface area contributed by atoms with Gasteiger partial charge in [0, 0.05) is 38.3 Å². The fraction of sp³-hybridized carbons (Fsp3) is 0.462. The molecule has 0 saturated heterocycles. The van der Waals surface area contributed by atoms with Crippen LogP contribution in [0.4, 0.5) is 5.69 Å². The Bertz CT molecular complexity index is 1120. The van der Waals surface area contributed by atoms with Gasteiger partial charge in [0.1, 0.15) is 5.56 Å². The van der Waals surface area contributed by atoms with E-state index in [1.807, 2.05) is 0 Å². The quantitative estimate of drug-likeness (QED) is 0.570. The molecule has 0 aromatic heterocycles. The van der Waals surface area contributed by atoms with Crippen LogP contribution in [0.1, 0.15) is 56.0 Å². The van der Waals surface area contributed by atoms with E-state index in [0.717, 1.165) is 0 Å². The summed E-state index contributed by atoms with van der Waals surface area (Å²) < 4.78 is 132. The molecule has 0 amide bonds. The Hall–Kier alpha value is -2.00. The Morgan fingerprint density at radius 2 is 2.00 bits per heavy atom. The molecule has 1 aromatic rings. The summed E-state index contributed by atoms with van der Waals surface area (Å²) in [6.07, 6.45) is -8.64. The van der Waals surface area contributed by atoms with Gasteiger partial charge in [-0.3, -0.25) is 10.1 Å². The maximum Gasteiger partial charge on any atom is 0.342 e. The van der Waals surface area contributed by atoms with Crippen LogP contribution in [-0.4, -0.2) is 41.7 Å². The SMILES string of the molecule is [2H]C([2H])([2H])C([2H])([2H])C([2H])([2H])N(C([2H])([2H])C([2H])([2H])C([2H])([2H])[2H])S(=O)(=O)c1ccc(C(=O)O)c([N+](=O)[O-])c1. The standard InChI is InChI=1S/C13H18N2O6S/c1-3-7-14(8-4-2)22(20,21)10-5-6-11(13(16)17)12(9-10)15(18)19/h5-6,9H,3-4,7-8H2,1-2H3,(H,16,17)/i1D3,2D3,3D2,4D2,7D2,8D2. The van der Waals surface area contributed by atoms with E-state index in [-0.39, 0.29) is 6.07 Å². The number of rotatable bonds is 8. The van der Waals surface area contributed by atoms with Crippen molar-refractivity contribution in [2.45, 2.75) is 31.3 Å². The van der Waals surface area contributed by atoms with E-state index >= 15 is 0 Å². The molecule has 0 aliphatic carbocycles. The van der Waals surface area contributed by atoms with Crippen LogP contribution in [0.3, 0.4) is 0 Å². The van der Waals surface area contributed by atoms with Crippen molar-refractivity contribution in [2.24, 2.45) is 0 Å². The zero-order chi connectivity index (χ0) is 29.1. The highest BCUT2D eigenvalue weighted by Gasteiger charge is 2.28. The van der Waals surface area contributed by atoms with E-state index in [2.05, 4.69) is 0 Å². The van der Waals surface area contributed by atoms with Crippen molar-refractivity contribution in [1.82, 2.24) is 4.31 Å². The number of hydrogen-bond donors (Lipinski definition) is 1. The highest BCUT2D eigenvalue weighted by atomic mass is 32.2. The Kier molecular flexibility index (Phi) is 2.08. The molecular weight excluding hydrogens is 312 g/mol. The van der Waals surface area contributed by atoms with Crippen molar-refractivity contribution >= 4 is 21.7 Å². The van der Waals surface area contributed by atoms with Crippen LogP contribution >= 0.6 is 0 Å². The molecule has 9 heteroatoms. The Labute approximate surface area is 148 Å². The van der Waals surface area contributed by atoms with Crippen molar-refractivity contribution in [3.05, 3.63) is 33.9 Å². The molecule has 0 unspecified atom stereocenters. The molecular formula is C13H18N2O6S. The lowest BCUT2D eigenvalue weighted by Gasteiger charge is -2.21. The first-order valence-electron chi connectivity index (χ1n) is 12.2. The summed E-state index contributed by atoms with van der Waals surface area (Å²) in [6.45, 7) is -17.2. The minimum Gasteiger partial charge on any atom is -0.477 e. The van der Waals surface area contributed by atoms with E-state index in [4.69, 9.17) is 24.3 Å². The average Bonchev–Trinajstić information content (AvgIpc) is 2.64. The van der Waals surface area contributed by atoms with Crippen molar-refractivity contribution in [1.29, 1.82) is 0 Å². The Morgan fingerprint density at radius 3 is 2.45 bits per heavy atom. The zero-order valence-corrected chi connectivity index (χ0v) is 11.3. The third kappa shape index (κ3) is 3.80. The summed E-state index contributed by atoms with van der Waals surface area (Å²) in [5.74, 6) is -1.91. The topological polar surface area (TPSA) is 118 Å². The van der Waals surface area contributed by atoms with Gasteiger partial charge >= 0.3 is 5.97 Å². The van der Waals surface area contributed by atoms with Crippen molar-refractivity contribution in [3.8, 4) is 0 Å². The fourth-order valence-electron chi connectivity index (χ4n) is 1.36. The van der Waals surface area contributed by atoms with Gasteiger partial charge in [-0.25, -0.2) is 13.2 Å². The third-order valence-electron chi connectivity index (χ3n) is 2.25. The van der Waals surface area contributed by atoms with Crippen LogP contribution in [0.25, 0.3) is 0 Å². The van der Waals surface area contributed by atoms with Crippen LogP contribution in [0.15, 0.2) is 23.1 Å². The molecule has 0 radical (unpaired) electrons. The predicted molar refractivity (Wildman–Crippen MR) is 79.4 cm³/mol. The first-order valence-corrected chi connectivity index (χ1v) is 6.61. The normalized spacial score (nSPS) is 24.8. The number of nitrogens with zero attached hydrogens (tertiary/aromatic N) is 2. The van der Waals surface area contributed by atoms with Gasteiger partial charge in [-0.15, -0.1) is 0 Å². The minimum absolute atomic E-state index is 0.00771. The number of carbonyl (C=O) groups is 1. The molecule has 1 N–H and O–H groups in total. The minimum atomic E-state index is -6.10. The summed E-state index contributed by atoms with van der Waals surface area (Å²) in [4.78, 5) is 19.6. The van der Waals surface area contributed by atoms with Crippen LogP contribution in [0, 0.1) is 10.1 Å². The largest absolute Gasteiger partial charge is 0.477 e. The first-order chi connectivity index (χ1) is 15.6. The van der Waals surface area contributed by atoms with E-state index in [1.165, 1.54) is 0 Å². The second kappa shape index (κ2) is 7.32. The van der Waals surface area contributed by atoms with Crippen LogP contribution in [-0.2, 0) is 10.0 Å². The number of sulfonamides is 1. The molecule has 122 valence electrons. The molecule has 8 nitrogen and oxygen atoms in total. The van der Waals surface area contributed by atoms with Crippen LogP contribution < -0.4 is 0 Å². The fourth-order valence-corrected chi connectivity index (χ4v) is 2.40. The van der Waals surface area contributed by atoms with E-state index in [1.54, 1.807) is 0 Å². The molecule has 0 spiro atoms. The molecule has 1 aromatic carbocycles. The van der Waals surface area contributed by atoms with E-state index in [9.17, 15) is 23.3 Å². The molecule has 0 fully saturated rings. The van der Waals surface area contributed by atoms with Gasteiger partial charge in [0.05, 0.1) is 9.82 Å². The van der Waals surface area contributed by atoms with Crippen molar-refractivity contribution in [2.75, 3.05) is 13.0 Å². The van der Waals surface area contributed by atoms with Gasteiger partial charge in [0.25, 0.3) is 5.69 Å². The molecule has 1 rings (SSSR count). The van der Waals surface area contributed by atoms with E-state index in [0.29, 0.717) is 12.1 Å². The summed E-state index contributed by atoms with van der Waals surface area (Å²) in [6, 6.07) is 0.641. The van der Waals surface area contributed by atoms with Gasteiger partial charge in [0.2, 0.25) is 10.0 Å². The Balaban J connectivity index is 4.22. The summed E-state index contributed by atoms with van der Waals surface area (Å²) in [5.41, 5.74) is -2.49. The number of nitro benzene ring substituents is 1. The highest BCUT2D eigenvalue weighted by Crippen LogP contribution is 2.25. The van der Waals surface area contributed by atoms with Gasteiger partial charge in [-0.05, 0) is 24.9 Å². The molecule has 0 atom stereocenters. The van der Waals surface area contributed by atoms with Crippen molar-refractivity contribution < 1.29 is 42.4 Å². The zero-order valence-electron chi connectivity index (χ0n) is 24.5. The average molecular weight is 344 g/mol. The molecule has 22 heavy (non-hydrogen) atoms. The molecule has 0 aliphatic rings. The summed E-state index contributed by atoms with van der Waals surface area (Å²) in [5, 5.41) is 20.3. The number of benzene rings is 1. The monoisotopic (exact) mass is 344 g/mol. The maximum atomic E-state index is 13.4. The second-order valence-electron chi connectivity index (χ2n) is 3.48. The number of nitro groups is 1. The molecule has 0 bridgehead atoms. The molecule has 0 aliphatic heterocycles. The van der Waals surface area contributed by atoms with Gasteiger partial charge in [-0.1, -0.05) is 13.7 Å². The highest BCUT2D eigenvalue weighted by molar-refractivity contribution is 7.89. The van der Waals surface area contributed by atoms with Gasteiger partial charge in [0.15, 0.2) is 0 Å². The number of carboxylic acid groups (broad SMARTS) is 1. The predicted octanol–water partition coefficient (Wildman–Crippen LogP) is 2.10. The molecule has 0 heterocycles. The maximum absolute atomic E-state index is 13.4. The van der Waals surface area contributed by atoms with Crippen molar-refractivity contribution in [3.63, 3.8) is 0 Å².